The lowest BCUT2D eigenvalue weighted by Crippen LogP contribution is -2.34. The highest BCUT2D eigenvalue weighted by Crippen LogP contribution is 2.24. The van der Waals surface area contributed by atoms with Gasteiger partial charge in [-0.15, -0.1) is 0 Å². The summed E-state index contributed by atoms with van der Waals surface area (Å²) >= 11 is 3.66. The second-order valence-corrected chi connectivity index (χ2v) is 10.4. The Hall–Kier alpha value is 0.617. The molecule has 0 heterocycles. The first-order chi connectivity index (χ1) is 7.68. The van der Waals surface area contributed by atoms with Gasteiger partial charge in [0, 0.05) is 19.8 Å². The highest BCUT2D eigenvalue weighted by Gasteiger charge is 2.32. The Morgan fingerprint density at radius 1 is 0.938 bits per heavy atom. The van der Waals surface area contributed by atoms with Gasteiger partial charge in [-0.05, 0) is 6.42 Å². The van der Waals surface area contributed by atoms with Gasteiger partial charge in [-0.25, -0.2) is 0 Å². The van der Waals surface area contributed by atoms with Crippen molar-refractivity contribution in [1.82, 2.24) is 0 Å². The minimum atomic E-state index is -2.00. The molecule has 0 saturated carbocycles. The average Bonchev–Trinajstić information content (AvgIpc) is 2.31. The van der Waals surface area contributed by atoms with Crippen molar-refractivity contribution in [2.24, 2.45) is 0 Å². The van der Waals surface area contributed by atoms with Crippen molar-refractivity contribution in [3.63, 3.8) is 0 Å². The van der Waals surface area contributed by atoms with Gasteiger partial charge in [0.25, 0.3) is 0 Å². The second kappa shape index (κ2) is 10.8. The fourth-order valence-corrected chi connectivity index (χ4v) is 4.58. The summed E-state index contributed by atoms with van der Waals surface area (Å²) in [6, 6.07) is 1.07. The molecule has 0 aliphatic rings. The van der Waals surface area contributed by atoms with Gasteiger partial charge in [-0.1, -0.05) is 67.7 Å². The Bertz CT molecular complexity index is 158. The zero-order valence-electron chi connectivity index (χ0n) is 11.1. The molecule has 0 aromatic carbocycles. The Balaban J connectivity index is 3.53. The van der Waals surface area contributed by atoms with E-state index in [1.54, 1.807) is 7.11 Å². The van der Waals surface area contributed by atoms with Crippen LogP contribution in [0.2, 0.25) is 6.04 Å². The lowest BCUT2D eigenvalue weighted by Gasteiger charge is -2.22. The summed E-state index contributed by atoms with van der Waals surface area (Å²) in [6.07, 6.45) is 8.99. The van der Waals surface area contributed by atoms with E-state index in [0.717, 1.165) is 19.1 Å². The molecule has 0 aliphatic carbocycles. The molecule has 0 saturated heterocycles. The predicted octanol–water partition coefficient (Wildman–Crippen LogP) is 4.75. The molecule has 0 aromatic rings. The molecule has 0 amide bonds. The Morgan fingerprint density at radius 3 is 2.12 bits per heavy atom. The van der Waals surface area contributed by atoms with Crippen molar-refractivity contribution in [1.29, 1.82) is 0 Å². The number of hydrogen-bond acceptors (Lipinski definition) is 2. The molecular formula is C12H27BrO2Si. The van der Waals surface area contributed by atoms with E-state index in [4.69, 9.17) is 8.85 Å². The average molecular weight is 311 g/mol. The fourth-order valence-electron chi connectivity index (χ4n) is 1.60. The molecule has 0 bridgehead atoms. The third-order valence-electron chi connectivity index (χ3n) is 2.66. The zero-order valence-corrected chi connectivity index (χ0v) is 13.6. The van der Waals surface area contributed by atoms with Crippen LogP contribution in [0.15, 0.2) is 0 Å². The molecule has 98 valence electrons. The molecule has 2 nitrogen and oxygen atoms in total. The van der Waals surface area contributed by atoms with Gasteiger partial charge in [0.2, 0.25) is 0 Å². The smallest absolute Gasteiger partial charge is 0.390 e. The van der Waals surface area contributed by atoms with E-state index in [0.29, 0.717) is 0 Å². The number of unbranched alkanes of at least 4 members (excludes halogenated alkanes) is 5. The first-order valence-electron chi connectivity index (χ1n) is 6.56. The van der Waals surface area contributed by atoms with Crippen molar-refractivity contribution in [3.05, 3.63) is 0 Å². The number of hydrogen-bond donors (Lipinski definition) is 0. The molecule has 4 heteroatoms. The highest BCUT2D eigenvalue weighted by molar-refractivity contribution is 9.25. The maximum absolute atomic E-state index is 5.79. The van der Waals surface area contributed by atoms with Crippen molar-refractivity contribution in [2.45, 2.75) is 64.8 Å². The van der Waals surface area contributed by atoms with Gasteiger partial charge in [0.15, 0.2) is 0 Å². The molecule has 0 fully saturated rings. The summed E-state index contributed by atoms with van der Waals surface area (Å²) in [5.74, 6) is 0. The van der Waals surface area contributed by atoms with Crippen molar-refractivity contribution in [3.8, 4) is 0 Å². The van der Waals surface area contributed by atoms with E-state index in [9.17, 15) is 0 Å². The summed E-state index contributed by atoms with van der Waals surface area (Å²) in [6.45, 7) is 5.18. The standard InChI is InChI=1S/C12H27BrO2Si/c1-4-6-7-8-9-10-12-16(13,14-3)15-11-5-2/h4-12H2,1-3H3. The van der Waals surface area contributed by atoms with Crippen molar-refractivity contribution < 1.29 is 8.85 Å². The molecule has 0 aromatic heterocycles. The van der Waals surface area contributed by atoms with Gasteiger partial charge in [-0.3, -0.25) is 0 Å². The maximum Gasteiger partial charge on any atom is 0.413 e. The van der Waals surface area contributed by atoms with Gasteiger partial charge >= 0.3 is 7.18 Å². The molecule has 1 atom stereocenters. The second-order valence-electron chi connectivity index (χ2n) is 4.23. The number of halogens is 1. The van der Waals surface area contributed by atoms with Crippen LogP contribution in [0.5, 0.6) is 0 Å². The van der Waals surface area contributed by atoms with Gasteiger partial charge in [-0.2, -0.15) is 0 Å². The zero-order chi connectivity index (χ0) is 12.3. The largest absolute Gasteiger partial charge is 0.413 e. The highest BCUT2D eigenvalue weighted by atomic mass is 79.9. The summed E-state index contributed by atoms with van der Waals surface area (Å²) in [4.78, 5) is 0. The van der Waals surface area contributed by atoms with E-state index < -0.39 is 7.18 Å². The van der Waals surface area contributed by atoms with Crippen LogP contribution >= 0.6 is 15.3 Å². The summed E-state index contributed by atoms with van der Waals surface area (Å²) < 4.78 is 11.3. The predicted molar refractivity (Wildman–Crippen MR) is 76.1 cm³/mol. The van der Waals surface area contributed by atoms with E-state index in [1.807, 2.05) is 0 Å². The van der Waals surface area contributed by atoms with Crippen LogP contribution in [-0.4, -0.2) is 20.9 Å². The molecule has 16 heavy (non-hydrogen) atoms. The third-order valence-corrected chi connectivity index (χ3v) is 7.70. The van der Waals surface area contributed by atoms with E-state index in [1.165, 1.54) is 38.5 Å². The molecular weight excluding hydrogens is 284 g/mol. The Kier molecular flexibility index (Phi) is 11.2. The minimum absolute atomic E-state index is 0.807. The first kappa shape index (κ1) is 16.6. The van der Waals surface area contributed by atoms with E-state index in [-0.39, 0.29) is 0 Å². The Labute approximate surface area is 110 Å². The monoisotopic (exact) mass is 310 g/mol. The van der Waals surface area contributed by atoms with Gasteiger partial charge in [0.05, 0.1) is 0 Å². The lowest BCUT2D eigenvalue weighted by atomic mass is 10.1. The fraction of sp³-hybridized carbons (Fsp3) is 1.00. The third kappa shape index (κ3) is 8.73. The van der Waals surface area contributed by atoms with Gasteiger partial charge < -0.3 is 8.85 Å². The summed E-state index contributed by atoms with van der Waals surface area (Å²) in [7, 11) is -0.243. The van der Waals surface area contributed by atoms with Crippen molar-refractivity contribution >= 4 is 22.5 Å². The minimum Gasteiger partial charge on any atom is -0.390 e. The lowest BCUT2D eigenvalue weighted by molar-refractivity contribution is 0.221. The van der Waals surface area contributed by atoms with Crippen molar-refractivity contribution in [2.75, 3.05) is 13.7 Å². The van der Waals surface area contributed by atoms with Crippen LogP contribution in [0.1, 0.15) is 58.8 Å². The van der Waals surface area contributed by atoms with Crippen LogP contribution in [0.3, 0.4) is 0 Å². The van der Waals surface area contributed by atoms with Gasteiger partial charge in [0.1, 0.15) is 0 Å². The van der Waals surface area contributed by atoms with Crippen LogP contribution in [0.4, 0.5) is 0 Å². The molecule has 0 aliphatic heterocycles. The maximum atomic E-state index is 5.79. The van der Waals surface area contributed by atoms with Crippen LogP contribution in [0.25, 0.3) is 0 Å². The van der Waals surface area contributed by atoms with Crippen LogP contribution < -0.4 is 0 Å². The normalized spacial score (nSPS) is 15.0. The summed E-state index contributed by atoms with van der Waals surface area (Å²) in [5, 5.41) is 0. The molecule has 0 N–H and O–H groups in total. The molecule has 0 rings (SSSR count). The topological polar surface area (TPSA) is 18.5 Å². The number of rotatable bonds is 11. The summed E-state index contributed by atoms with van der Waals surface area (Å²) in [5.41, 5.74) is 0. The van der Waals surface area contributed by atoms with Crippen LogP contribution in [0, 0.1) is 0 Å². The molecule has 0 spiro atoms. The first-order valence-corrected chi connectivity index (χ1v) is 10.8. The van der Waals surface area contributed by atoms with E-state index in [2.05, 4.69) is 29.1 Å². The molecule has 1 unspecified atom stereocenters. The SMILES string of the molecule is CCCCCCCC[Si](Br)(OC)OCCC. The Morgan fingerprint density at radius 2 is 1.56 bits per heavy atom. The molecule has 0 radical (unpaired) electrons. The quantitative estimate of drug-likeness (QED) is 0.311. The van der Waals surface area contributed by atoms with E-state index >= 15 is 0 Å². The van der Waals surface area contributed by atoms with Crippen LogP contribution in [-0.2, 0) is 8.85 Å².